The van der Waals surface area contributed by atoms with E-state index in [1.54, 1.807) is 0 Å². The summed E-state index contributed by atoms with van der Waals surface area (Å²) < 4.78 is 48.0. The Balaban J connectivity index is 1.45. The van der Waals surface area contributed by atoms with Gasteiger partial charge in [0.1, 0.15) is 5.75 Å². The summed E-state index contributed by atoms with van der Waals surface area (Å²) in [6, 6.07) is 17.8. The number of halogens is 3. The predicted molar refractivity (Wildman–Crippen MR) is 122 cm³/mol. The fourth-order valence-corrected chi connectivity index (χ4v) is 4.21. The number of nitrogens with zero attached hydrogens (tertiary/aromatic N) is 1. The van der Waals surface area contributed by atoms with Crippen LogP contribution in [0.4, 0.5) is 18.9 Å². The zero-order chi connectivity index (χ0) is 24.3. The molecule has 1 heterocycles. The summed E-state index contributed by atoms with van der Waals surface area (Å²) in [6.45, 7) is 3.76. The zero-order valence-electron chi connectivity index (χ0n) is 18.5. The number of hydrogen-bond donors (Lipinski definition) is 2. The maximum Gasteiger partial charge on any atom is 0.573 e. The van der Waals surface area contributed by atoms with Crippen molar-refractivity contribution in [1.29, 1.82) is 0 Å². The number of carboxylic acid groups (broad SMARTS) is 1. The molecule has 1 saturated heterocycles. The number of hydrogen-bond acceptors (Lipinski definition) is 5. The Morgan fingerprint density at radius 2 is 1.97 bits per heavy atom. The molecule has 0 bridgehead atoms. The molecule has 3 aromatic carbocycles. The van der Waals surface area contributed by atoms with Crippen LogP contribution >= 0.6 is 0 Å². The van der Waals surface area contributed by atoms with Gasteiger partial charge in [0, 0.05) is 37.4 Å². The number of carbonyl (C=O) groups is 1. The predicted octanol–water partition coefficient (Wildman–Crippen LogP) is 4.99. The van der Waals surface area contributed by atoms with E-state index in [4.69, 9.17) is 4.74 Å². The normalized spacial score (nSPS) is 17.5. The van der Waals surface area contributed by atoms with Crippen molar-refractivity contribution >= 4 is 22.4 Å². The molecule has 9 heteroatoms. The van der Waals surface area contributed by atoms with Crippen LogP contribution in [0.25, 0.3) is 10.8 Å². The van der Waals surface area contributed by atoms with E-state index in [9.17, 15) is 23.1 Å². The fourth-order valence-electron chi connectivity index (χ4n) is 4.21. The maximum atomic E-state index is 12.7. The number of anilines is 1. The van der Waals surface area contributed by atoms with Gasteiger partial charge in [0.25, 0.3) is 0 Å². The lowest BCUT2D eigenvalue weighted by atomic mass is 9.99. The first-order chi connectivity index (χ1) is 16.2. The van der Waals surface area contributed by atoms with Crippen molar-refractivity contribution < 1.29 is 32.5 Å². The van der Waals surface area contributed by atoms with E-state index in [0.717, 1.165) is 17.0 Å². The van der Waals surface area contributed by atoms with Gasteiger partial charge in [-0.1, -0.05) is 42.5 Å². The van der Waals surface area contributed by atoms with Gasteiger partial charge in [-0.2, -0.15) is 0 Å². The maximum absolute atomic E-state index is 12.7. The monoisotopic (exact) mass is 474 g/mol. The average molecular weight is 474 g/mol. The molecule has 1 unspecified atom stereocenters. The number of rotatable bonds is 7. The molecule has 0 aliphatic carbocycles. The molecule has 34 heavy (non-hydrogen) atoms. The minimum atomic E-state index is -4.91. The van der Waals surface area contributed by atoms with Crippen LogP contribution in [0.1, 0.15) is 28.9 Å². The van der Waals surface area contributed by atoms with E-state index in [1.807, 2.05) is 23.1 Å². The number of fused-ring (bicyclic) bond motifs is 1. The zero-order valence-corrected chi connectivity index (χ0v) is 18.5. The van der Waals surface area contributed by atoms with Crippen LogP contribution < -0.4 is 15.0 Å². The van der Waals surface area contributed by atoms with Crippen molar-refractivity contribution in [3.05, 3.63) is 71.8 Å². The van der Waals surface area contributed by atoms with Crippen LogP contribution in [-0.4, -0.2) is 49.8 Å². The molecule has 1 fully saturated rings. The van der Waals surface area contributed by atoms with Crippen LogP contribution in [0.3, 0.4) is 0 Å². The Morgan fingerprint density at radius 1 is 1.21 bits per heavy atom. The van der Waals surface area contributed by atoms with Crippen molar-refractivity contribution in [1.82, 2.24) is 5.32 Å². The molecule has 3 aromatic rings. The molecule has 4 rings (SSSR count). The Labute approximate surface area is 194 Å². The van der Waals surface area contributed by atoms with Crippen LogP contribution in [0.2, 0.25) is 0 Å². The van der Waals surface area contributed by atoms with Crippen LogP contribution in [0, 0.1) is 0 Å². The van der Waals surface area contributed by atoms with Gasteiger partial charge < -0.3 is 24.8 Å². The molecular weight excluding hydrogens is 449 g/mol. The molecule has 2 atom stereocenters. The SMILES string of the molecule is C[C@@H](NCC1CN(c2cc(OC(F)(F)F)cc(C(=O)O)c2)CCO1)c1cccc2ccccc12. The van der Waals surface area contributed by atoms with E-state index in [1.165, 1.54) is 17.5 Å². The molecule has 0 spiro atoms. The molecule has 0 radical (unpaired) electrons. The van der Waals surface area contributed by atoms with Crippen molar-refractivity contribution in [3.63, 3.8) is 0 Å². The van der Waals surface area contributed by atoms with Gasteiger partial charge in [-0.3, -0.25) is 0 Å². The van der Waals surface area contributed by atoms with Crippen molar-refractivity contribution in [2.75, 3.05) is 31.1 Å². The summed E-state index contributed by atoms with van der Waals surface area (Å²) >= 11 is 0. The van der Waals surface area contributed by atoms with E-state index >= 15 is 0 Å². The minimum absolute atomic E-state index is 0.0483. The smallest absolute Gasteiger partial charge is 0.478 e. The van der Waals surface area contributed by atoms with Gasteiger partial charge in [0.15, 0.2) is 0 Å². The third-order valence-electron chi connectivity index (χ3n) is 5.82. The first kappa shape index (κ1) is 23.8. The molecular formula is C25H25F3N2O4. The lowest BCUT2D eigenvalue weighted by molar-refractivity contribution is -0.274. The summed E-state index contributed by atoms with van der Waals surface area (Å²) in [6.07, 6.45) is -5.14. The number of morpholine rings is 1. The molecule has 1 aliphatic heterocycles. The quantitative estimate of drug-likeness (QED) is 0.503. The van der Waals surface area contributed by atoms with E-state index < -0.39 is 18.1 Å². The summed E-state index contributed by atoms with van der Waals surface area (Å²) in [5.74, 6) is -1.89. The lowest BCUT2D eigenvalue weighted by Crippen LogP contribution is -2.47. The Hall–Kier alpha value is -3.30. The van der Waals surface area contributed by atoms with Gasteiger partial charge in [-0.15, -0.1) is 13.2 Å². The van der Waals surface area contributed by atoms with Gasteiger partial charge in [0.2, 0.25) is 0 Å². The molecule has 0 saturated carbocycles. The third kappa shape index (κ3) is 5.78. The summed E-state index contributed by atoms with van der Waals surface area (Å²) in [7, 11) is 0. The van der Waals surface area contributed by atoms with Crippen LogP contribution in [0.15, 0.2) is 60.7 Å². The van der Waals surface area contributed by atoms with Gasteiger partial charge in [0.05, 0.1) is 18.3 Å². The molecule has 180 valence electrons. The van der Waals surface area contributed by atoms with E-state index in [2.05, 4.69) is 41.2 Å². The standard InChI is InChI=1S/C25H25F3N2O4/c1-16(22-8-4-6-17-5-2-3-7-23(17)22)29-14-21-15-30(9-10-33-21)19-11-18(24(31)32)12-20(13-19)34-25(26,27)28/h2-8,11-13,16,21,29H,9-10,14-15H2,1H3,(H,31,32)/t16-,21?/m1/s1. The Kier molecular flexibility index (Phi) is 6.95. The fraction of sp³-hybridized carbons (Fsp3) is 0.320. The molecule has 6 nitrogen and oxygen atoms in total. The van der Waals surface area contributed by atoms with Crippen LogP contribution in [0.5, 0.6) is 5.75 Å². The number of ether oxygens (including phenoxy) is 2. The second kappa shape index (κ2) is 9.90. The summed E-state index contributed by atoms with van der Waals surface area (Å²) in [5.41, 5.74) is 1.23. The highest BCUT2D eigenvalue weighted by Gasteiger charge is 2.32. The van der Waals surface area contributed by atoms with E-state index in [0.29, 0.717) is 31.9 Å². The number of aromatic carboxylic acids is 1. The average Bonchev–Trinajstić information content (AvgIpc) is 2.81. The highest BCUT2D eigenvalue weighted by molar-refractivity contribution is 5.89. The van der Waals surface area contributed by atoms with Crippen LogP contribution in [-0.2, 0) is 4.74 Å². The van der Waals surface area contributed by atoms with Gasteiger partial charge in [-0.05, 0) is 35.4 Å². The summed E-state index contributed by atoms with van der Waals surface area (Å²) in [4.78, 5) is 13.2. The first-order valence-electron chi connectivity index (χ1n) is 10.9. The molecule has 0 aromatic heterocycles. The first-order valence-corrected chi connectivity index (χ1v) is 10.9. The topological polar surface area (TPSA) is 71.0 Å². The number of carboxylic acids is 1. The lowest BCUT2D eigenvalue weighted by Gasteiger charge is -2.35. The van der Waals surface area contributed by atoms with Gasteiger partial charge in [-0.25, -0.2) is 4.79 Å². The second-order valence-corrected chi connectivity index (χ2v) is 8.21. The summed E-state index contributed by atoms with van der Waals surface area (Å²) in [5, 5.41) is 15.1. The number of nitrogens with one attached hydrogen (secondary N) is 1. The number of alkyl halides is 3. The molecule has 1 aliphatic rings. The van der Waals surface area contributed by atoms with Crippen molar-refractivity contribution in [2.45, 2.75) is 25.4 Å². The highest BCUT2D eigenvalue weighted by Crippen LogP contribution is 2.30. The largest absolute Gasteiger partial charge is 0.573 e. The second-order valence-electron chi connectivity index (χ2n) is 8.21. The third-order valence-corrected chi connectivity index (χ3v) is 5.82. The molecule has 2 N–H and O–H groups in total. The minimum Gasteiger partial charge on any atom is -0.478 e. The Bertz CT molecular complexity index is 1160. The molecule has 0 amide bonds. The van der Waals surface area contributed by atoms with Crippen molar-refractivity contribution in [2.24, 2.45) is 0 Å². The van der Waals surface area contributed by atoms with Gasteiger partial charge >= 0.3 is 12.3 Å². The van der Waals surface area contributed by atoms with Crippen molar-refractivity contribution in [3.8, 4) is 5.75 Å². The number of benzene rings is 3. The Morgan fingerprint density at radius 3 is 2.74 bits per heavy atom. The van der Waals surface area contributed by atoms with E-state index in [-0.39, 0.29) is 17.7 Å². The highest BCUT2D eigenvalue weighted by atomic mass is 19.4.